The number of aryl methyl sites for hydroxylation is 1. The van der Waals surface area contributed by atoms with Crippen molar-refractivity contribution in [2.75, 3.05) is 13.1 Å². The summed E-state index contributed by atoms with van der Waals surface area (Å²) in [7, 11) is 0. The van der Waals surface area contributed by atoms with E-state index in [2.05, 4.69) is 31.2 Å². The molecule has 0 aliphatic heterocycles. The van der Waals surface area contributed by atoms with Crippen LogP contribution in [0.1, 0.15) is 42.4 Å². The average molecular weight is 337 g/mol. The van der Waals surface area contributed by atoms with Crippen molar-refractivity contribution in [1.29, 1.82) is 0 Å². The number of nitrogens with one attached hydrogen (secondary N) is 1. The van der Waals surface area contributed by atoms with Crippen LogP contribution in [0.25, 0.3) is 5.69 Å². The fourth-order valence-electron chi connectivity index (χ4n) is 2.20. The minimum absolute atomic E-state index is 0. The zero-order valence-electron chi connectivity index (χ0n) is 14.1. The van der Waals surface area contributed by atoms with E-state index < -0.39 is 0 Å². The first-order valence-corrected chi connectivity index (χ1v) is 7.48. The van der Waals surface area contributed by atoms with Gasteiger partial charge in [-0.3, -0.25) is 4.79 Å². The highest BCUT2D eigenvalue weighted by molar-refractivity contribution is 5.95. The van der Waals surface area contributed by atoms with Crippen LogP contribution in [0.15, 0.2) is 30.5 Å². The Morgan fingerprint density at radius 1 is 1.26 bits per heavy atom. The minimum Gasteiger partial charge on any atom is -0.351 e. The molecule has 6 heteroatoms. The smallest absolute Gasteiger partial charge is 0.254 e. The van der Waals surface area contributed by atoms with Gasteiger partial charge in [-0.2, -0.15) is 5.10 Å². The predicted molar refractivity (Wildman–Crippen MR) is 95.6 cm³/mol. The first-order chi connectivity index (χ1) is 10.3. The molecule has 0 radical (unpaired) electrons. The van der Waals surface area contributed by atoms with E-state index in [0.29, 0.717) is 18.7 Å². The van der Waals surface area contributed by atoms with E-state index in [4.69, 9.17) is 5.73 Å². The van der Waals surface area contributed by atoms with Gasteiger partial charge >= 0.3 is 0 Å². The van der Waals surface area contributed by atoms with Gasteiger partial charge < -0.3 is 11.1 Å². The average Bonchev–Trinajstić information content (AvgIpc) is 2.91. The molecule has 0 aliphatic rings. The first kappa shape index (κ1) is 19.2. The van der Waals surface area contributed by atoms with Gasteiger partial charge in [0.2, 0.25) is 0 Å². The highest BCUT2D eigenvalue weighted by Crippen LogP contribution is 2.25. The standard InChI is InChI=1S/C17H24N4O.ClH/c1-12-5-7-13(8-6-12)21-11-14(16(22)19-10-9-18)15(20-21)17(2,3)4;/h5-8,11H,9-10,18H2,1-4H3,(H,19,22);1H. The van der Waals surface area contributed by atoms with Gasteiger partial charge in [-0.15, -0.1) is 12.4 Å². The molecule has 0 unspecified atom stereocenters. The lowest BCUT2D eigenvalue weighted by atomic mass is 9.89. The van der Waals surface area contributed by atoms with Gasteiger partial charge in [-0.25, -0.2) is 4.68 Å². The van der Waals surface area contributed by atoms with Crippen molar-refractivity contribution in [1.82, 2.24) is 15.1 Å². The van der Waals surface area contributed by atoms with Crippen LogP contribution in [-0.4, -0.2) is 28.8 Å². The molecule has 0 saturated heterocycles. The number of nitrogens with two attached hydrogens (primary N) is 1. The zero-order chi connectivity index (χ0) is 16.3. The molecule has 2 rings (SSSR count). The maximum absolute atomic E-state index is 12.3. The summed E-state index contributed by atoms with van der Waals surface area (Å²) in [6.45, 7) is 9.07. The van der Waals surface area contributed by atoms with E-state index in [1.807, 2.05) is 31.2 Å². The molecule has 5 nitrogen and oxygen atoms in total. The number of halogens is 1. The molecule has 0 atom stereocenters. The molecule has 1 aromatic heterocycles. The maximum Gasteiger partial charge on any atom is 0.254 e. The molecule has 23 heavy (non-hydrogen) atoms. The van der Waals surface area contributed by atoms with Gasteiger partial charge in [0, 0.05) is 24.7 Å². The van der Waals surface area contributed by atoms with Gasteiger partial charge in [-0.1, -0.05) is 38.5 Å². The Kier molecular flexibility index (Phi) is 6.36. The second kappa shape index (κ2) is 7.62. The van der Waals surface area contributed by atoms with E-state index in [0.717, 1.165) is 11.4 Å². The fraction of sp³-hybridized carbons (Fsp3) is 0.412. The van der Waals surface area contributed by atoms with Gasteiger partial charge in [0.05, 0.1) is 16.9 Å². The summed E-state index contributed by atoms with van der Waals surface area (Å²) in [4.78, 5) is 12.3. The quantitative estimate of drug-likeness (QED) is 0.901. The van der Waals surface area contributed by atoms with E-state index in [1.54, 1.807) is 10.9 Å². The third-order valence-corrected chi connectivity index (χ3v) is 3.40. The molecular formula is C17H25ClN4O. The Morgan fingerprint density at radius 2 is 1.87 bits per heavy atom. The normalized spacial score (nSPS) is 11.0. The van der Waals surface area contributed by atoms with Crippen LogP contribution in [0.5, 0.6) is 0 Å². The van der Waals surface area contributed by atoms with Crippen molar-refractivity contribution in [3.05, 3.63) is 47.3 Å². The molecule has 0 saturated carbocycles. The second-order valence-electron chi connectivity index (χ2n) is 6.47. The van der Waals surface area contributed by atoms with Crippen LogP contribution in [0, 0.1) is 6.92 Å². The largest absolute Gasteiger partial charge is 0.351 e. The van der Waals surface area contributed by atoms with E-state index >= 15 is 0 Å². The van der Waals surface area contributed by atoms with Crippen LogP contribution in [0.4, 0.5) is 0 Å². The van der Waals surface area contributed by atoms with Gasteiger partial charge in [0.1, 0.15) is 0 Å². The molecular weight excluding hydrogens is 312 g/mol. The predicted octanol–water partition coefficient (Wildman–Crippen LogP) is 2.59. The number of benzene rings is 1. The molecule has 1 aromatic carbocycles. The molecule has 2 aromatic rings. The Balaban J connectivity index is 0.00000264. The maximum atomic E-state index is 12.3. The SMILES string of the molecule is Cc1ccc(-n2cc(C(=O)NCCN)c(C(C)(C)C)n2)cc1.Cl. The number of carbonyl (C=O) groups is 1. The molecule has 1 amide bonds. The summed E-state index contributed by atoms with van der Waals surface area (Å²) >= 11 is 0. The Morgan fingerprint density at radius 3 is 2.39 bits per heavy atom. The van der Waals surface area contributed by atoms with Crippen molar-refractivity contribution in [2.45, 2.75) is 33.1 Å². The lowest BCUT2D eigenvalue weighted by Crippen LogP contribution is -2.30. The van der Waals surface area contributed by atoms with Gasteiger partial charge in [0.15, 0.2) is 0 Å². The molecule has 0 fully saturated rings. The molecule has 1 heterocycles. The molecule has 0 bridgehead atoms. The number of hydrogen-bond donors (Lipinski definition) is 2. The zero-order valence-corrected chi connectivity index (χ0v) is 14.9. The Labute approximate surface area is 143 Å². The summed E-state index contributed by atoms with van der Waals surface area (Å²) in [6.07, 6.45) is 1.79. The van der Waals surface area contributed by atoms with E-state index in [9.17, 15) is 4.79 Å². The minimum atomic E-state index is -0.217. The highest BCUT2D eigenvalue weighted by atomic mass is 35.5. The third-order valence-electron chi connectivity index (χ3n) is 3.40. The second-order valence-corrected chi connectivity index (χ2v) is 6.47. The van der Waals surface area contributed by atoms with Crippen LogP contribution >= 0.6 is 12.4 Å². The summed E-state index contributed by atoms with van der Waals surface area (Å²) < 4.78 is 1.76. The number of rotatable bonds is 4. The third kappa shape index (κ3) is 4.56. The number of nitrogens with zero attached hydrogens (tertiary/aromatic N) is 2. The monoisotopic (exact) mass is 336 g/mol. The lowest BCUT2D eigenvalue weighted by Gasteiger charge is -2.17. The fourth-order valence-corrected chi connectivity index (χ4v) is 2.20. The summed E-state index contributed by atoms with van der Waals surface area (Å²) in [5.41, 5.74) is 8.74. The number of carbonyl (C=O) groups excluding carboxylic acids is 1. The summed E-state index contributed by atoms with van der Waals surface area (Å²) in [6, 6.07) is 8.05. The van der Waals surface area contributed by atoms with E-state index in [-0.39, 0.29) is 23.7 Å². The molecule has 126 valence electrons. The van der Waals surface area contributed by atoms with Gasteiger partial charge in [-0.05, 0) is 19.1 Å². The molecule has 0 spiro atoms. The Bertz CT molecular complexity index is 656. The molecule has 0 aliphatic carbocycles. The molecule has 3 N–H and O–H groups in total. The lowest BCUT2D eigenvalue weighted by molar-refractivity contribution is 0.0952. The van der Waals surface area contributed by atoms with E-state index in [1.165, 1.54) is 5.56 Å². The number of hydrogen-bond acceptors (Lipinski definition) is 3. The van der Waals surface area contributed by atoms with Crippen LogP contribution in [0.3, 0.4) is 0 Å². The van der Waals surface area contributed by atoms with Gasteiger partial charge in [0.25, 0.3) is 5.91 Å². The number of amides is 1. The summed E-state index contributed by atoms with van der Waals surface area (Å²) in [5.74, 6) is -0.131. The van der Waals surface area contributed by atoms with Crippen LogP contribution in [-0.2, 0) is 5.41 Å². The van der Waals surface area contributed by atoms with Crippen molar-refractivity contribution in [2.24, 2.45) is 5.73 Å². The van der Waals surface area contributed by atoms with Crippen molar-refractivity contribution < 1.29 is 4.79 Å². The van der Waals surface area contributed by atoms with Crippen LogP contribution < -0.4 is 11.1 Å². The summed E-state index contributed by atoms with van der Waals surface area (Å²) in [5, 5.41) is 7.45. The first-order valence-electron chi connectivity index (χ1n) is 7.48. The van der Waals surface area contributed by atoms with Crippen molar-refractivity contribution in [3.63, 3.8) is 0 Å². The highest BCUT2D eigenvalue weighted by Gasteiger charge is 2.26. The van der Waals surface area contributed by atoms with Crippen molar-refractivity contribution >= 4 is 18.3 Å². The van der Waals surface area contributed by atoms with Crippen LogP contribution in [0.2, 0.25) is 0 Å². The Hall–Kier alpha value is -1.85. The number of aromatic nitrogens is 2. The topological polar surface area (TPSA) is 72.9 Å². The van der Waals surface area contributed by atoms with Crippen molar-refractivity contribution in [3.8, 4) is 5.69 Å².